The van der Waals surface area contributed by atoms with Gasteiger partial charge in [-0.3, -0.25) is 9.48 Å². The molecule has 2 aromatic rings. The van der Waals surface area contributed by atoms with E-state index in [0.717, 1.165) is 41.0 Å². The van der Waals surface area contributed by atoms with Gasteiger partial charge in [-0.25, -0.2) is 4.98 Å². The summed E-state index contributed by atoms with van der Waals surface area (Å²) in [5.41, 5.74) is 3.70. The first-order chi connectivity index (χ1) is 12.1. The summed E-state index contributed by atoms with van der Waals surface area (Å²) in [4.78, 5) is 20.6. The van der Waals surface area contributed by atoms with E-state index < -0.39 is 0 Å². The van der Waals surface area contributed by atoms with Gasteiger partial charge < -0.3 is 4.90 Å². The fraction of sp³-hybridized carbons (Fsp3) is 0.650. The van der Waals surface area contributed by atoms with Gasteiger partial charge in [0.05, 0.1) is 16.6 Å². The largest absolute Gasteiger partial charge is 0.335 e. The first-order valence-corrected chi connectivity index (χ1v) is 9.78. The standard InChI is InChI=1S/C20H26N4O/c1-12-18-15(11-16(13-8-9-13)21-19(18)23(2)22-12)20(25)24-10-4-6-14-5-3-7-17(14)24/h11,13-14,17H,3-10H2,1-2H3. The first kappa shape index (κ1) is 15.4. The highest BCUT2D eigenvalue weighted by Crippen LogP contribution is 2.42. The average Bonchev–Trinajstić information content (AvgIpc) is 3.28. The highest BCUT2D eigenvalue weighted by molar-refractivity contribution is 6.06. The van der Waals surface area contributed by atoms with Gasteiger partial charge >= 0.3 is 0 Å². The molecule has 3 fully saturated rings. The SMILES string of the molecule is Cc1nn(C)c2nc(C3CC3)cc(C(=O)N3CCCC4CCCC43)c12. The summed E-state index contributed by atoms with van der Waals surface area (Å²) in [6.07, 6.45) is 8.55. The molecule has 5 rings (SSSR count). The van der Waals surface area contributed by atoms with Gasteiger partial charge in [-0.05, 0) is 57.4 Å². The van der Waals surface area contributed by atoms with Crippen LogP contribution in [0.4, 0.5) is 0 Å². The van der Waals surface area contributed by atoms with Crippen LogP contribution in [0.25, 0.3) is 11.0 Å². The lowest BCUT2D eigenvalue weighted by atomic mass is 9.91. The molecule has 5 nitrogen and oxygen atoms in total. The molecule has 2 saturated carbocycles. The van der Waals surface area contributed by atoms with Crippen molar-refractivity contribution < 1.29 is 4.79 Å². The number of piperidine rings is 1. The third-order valence-corrected chi connectivity index (χ3v) is 6.47. The molecular weight excluding hydrogens is 312 g/mol. The summed E-state index contributed by atoms with van der Waals surface area (Å²) >= 11 is 0. The lowest BCUT2D eigenvalue weighted by molar-refractivity contribution is 0.0550. The highest BCUT2D eigenvalue weighted by Gasteiger charge is 2.38. The Hall–Kier alpha value is -1.91. The molecule has 2 aromatic heterocycles. The van der Waals surface area contributed by atoms with Crippen LogP contribution < -0.4 is 0 Å². The molecular formula is C20H26N4O. The average molecular weight is 338 g/mol. The predicted molar refractivity (Wildman–Crippen MR) is 96.6 cm³/mol. The number of hydrogen-bond donors (Lipinski definition) is 0. The zero-order chi connectivity index (χ0) is 17.1. The predicted octanol–water partition coefficient (Wildman–Crippen LogP) is 3.56. The van der Waals surface area contributed by atoms with Crippen molar-refractivity contribution in [1.29, 1.82) is 0 Å². The van der Waals surface area contributed by atoms with Crippen LogP contribution >= 0.6 is 0 Å². The molecule has 2 atom stereocenters. The van der Waals surface area contributed by atoms with E-state index in [9.17, 15) is 4.79 Å². The van der Waals surface area contributed by atoms with Crippen molar-refractivity contribution in [1.82, 2.24) is 19.7 Å². The number of fused-ring (bicyclic) bond motifs is 2. The molecule has 25 heavy (non-hydrogen) atoms. The van der Waals surface area contributed by atoms with E-state index in [-0.39, 0.29) is 5.91 Å². The molecule has 0 N–H and O–H groups in total. The molecule has 132 valence electrons. The minimum atomic E-state index is 0.210. The Morgan fingerprint density at radius 2 is 1.96 bits per heavy atom. The first-order valence-electron chi connectivity index (χ1n) is 9.78. The number of aryl methyl sites for hydroxylation is 2. The summed E-state index contributed by atoms with van der Waals surface area (Å²) in [5, 5.41) is 5.50. The van der Waals surface area contributed by atoms with Gasteiger partial charge in [-0.15, -0.1) is 0 Å². The van der Waals surface area contributed by atoms with Crippen LogP contribution in [0.1, 0.15) is 72.6 Å². The van der Waals surface area contributed by atoms with Crippen LogP contribution in [-0.2, 0) is 7.05 Å². The normalized spacial score (nSPS) is 26.2. The van der Waals surface area contributed by atoms with E-state index in [1.54, 1.807) is 0 Å². The van der Waals surface area contributed by atoms with Crippen LogP contribution in [0.15, 0.2) is 6.07 Å². The molecule has 0 radical (unpaired) electrons. The van der Waals surface area contributed by atoms with Crippen LogP contribution in [0.2, 0.25) is 0 Å². The van der Waals surface area contributed by atoms with Gasteiger partial charge in [0.15, 0.2) is 5.65 Å². The quantitative estimate of drug-likeness (QED) is 0.841. The minimum absolute atomic E-state index is 0.210. The third kappa shape index (κ3) is 2.39. The summed E-state index contributed by atoms with van der Waals surface area (Å²) in [7, 11) is 1.93. The van der Waals surface area contributed by atoms with Gasteiger partial charge in [-0.1, -0.05) is 6.42 Å². The molecule has 0 aromatic carbocycles. The molecule has 1 saturated heterocycles. The maximum Gasteiger partial charge on any atom is 0.254 e. The van der Waals surface area contributed by atoms with Crippen LogP contribution in [0.3, 0.4) is 0 Å². The molecule has 0 bridgehead atoms. The van der Waals surface area contributed by atoms with Crippen LogP contribution in [0, 0.1) is 12.8 Å². The number of amides is 1. The van der Waals surface area contributed by atoms with Crippen LogP contribution in [0.5, 0.6) is 0 Å². The summed E-state index contributed by atoms with van der Waals surface area (Å²) < 4.78 is 1.84. The van der Waals surface area contributed by atoms with Crippen molar-refractivity contribution in [3.63, 3.8) is 0 Å². The Labute approximate surface area is 148 Å². The third-order valence-electron chi connectivity index (χ3n) is 6.47. The number of pyridine rings is 1. The summed E-state index contributed by atoms with van der Waals surface area (Å²) in [6.45, 7) is 2.90. The number of carbonyl (C=O) groups is 1. The molecule has 3 heterocycles. The van der Waals surface area contributed by atoms with Gasteiger partial charge in [0.2, 0.25) is 0 Å². The lowest BCUT2D eigenvalue weighted by Crippen LogP contribution is -2.46. The van der Waals surface area contributed by atoms with E-state index >= 15 is 0 Å². The number of hydrogen-bond acceptors (Lipinski definition) is 3. The van der Waals surface area contributed by atoms with E-state index in [2.05, 4.69) is 16.1 Å². The zero-order valence-electron chi connectivity index (χ0n) is 15.2. The Morgan fingerprint density at radius 3 is 2.76 bits per heavy atom. The molecule has 2 unspecified atom stereocenters. The second-order valence-corrected chi connectivity index (χ2v) is 8.18. The van der Waals surface area contributed by atoms with Crippen molar-refractivity contribution in [3.8, 4) is 0 Å². The van der Waals surface area contributed by atoms with E-state index in [1.807, 2.05) is 18.7 Å². The van der Waals surface area contributed by atoms with Gasteiger partial charge in [0.25, 0.3) is 5.91 Å². The molecule has 1 aliphatic heterocycles. The van der Waals surface area contributed by atoms with Crippen molar-refractivity contribution in [2.45, 2.75) is 63.8 Å². The Morgan fingerprint density at radius 1 is 1.16 bits per heavy atom. The number of carbonyl (C=O) groups excluding carboxylic acids is 1. The van der Waals surface area contributed by atoms with Gasteiger partial charge in [0.1, 0.15) is 0 Å². The second-order valence-electron chi connectivity index (χ2n) is 8.18. The Balaban J connectivity index is 1.62. The monoisotopic (exact) mass is 338 g/mol. The minimum Gasteiger partial charge on any atom is -0.335 e. The molecule has 3 aliphatic rings. The van der Waals surface area contributed by atoms with Crippen LogP contribution in [-0.4, -0.2) is 38.2 Å². The number of nitrogens with zero attached hydrogens (tertiary/aromatic N) is 4. The maximum absolute atomic E-state index is 13.6. The van der Waals surface area contributed by atoms with E-state index in [4.69, 9.17) is 4.98 Å². The molecule has 5 heteroatoms. The fourth-order valence-corrected chi connectivity index (χ4v) is 5.08. The van der Waals surface area contributed by atoms with Gasteiger partial charge in [0, 0.05) is 31.2 Å². The second kappa shape index (κ2) is 5.55. The maximum atomic E-state index is 13.6. The van der Waals surface area contributed by atoms with Crippen molar-refractivity contribution in [2.75, 3.05) is 6.54 Å². The highest BCUT2D eigenvalue weighted by atomic mass is 16.2. The zero-order valence-corrected chi connectivity index (χ0v) is 15.2. The van der Waals surface area contributed by atoms with Crippen molar-refractivity contribution in [3.05, 3.63) is 23.0 Å². The molecule has 1 amide bonds. The number of rotatable bonds is 2. The topological polar surface area (TPSA) is 51.0 Å². The number of aromatic nitrogens is 3. The summed E-state index contributed by atoms with van der Waals surface area (Å²) in [5.74, 6) is 1.46. The van der Waals surface area contributed by atoms with Crippen molar-refractivity contribution in [2.24, 2.45) is 13.0 Å². The Kier molecular flexibility index (Phi) is 3.41. The number of likely N-dealkylation sites (tertiary alicyclic amines) is 1. The molecule has 2 aliphatic carbocycles. The Bertz CT molecular complexity index is 851. The van der Waals surface area contributed by atoms with Gasteiger partial charge in [-0.2, -0.15) is 5.10 Å². The molecule has 0 spiro atoms. The lowest BCUT2D eigenvalue weighted by Gasteiger charge is -2.38. The fourth-order valence-electron chi connectivity index (χ4n) is 5.08. The summed E-state index contributed by atoms with van der Waals surface area (Å²) in [6, 6.07) is 2.53. The van der Waals surface area contributed by atoms with E-state index in [1.165, 1.54) is 38.5 Å². The smallest absolute Gasteiger partial charge is 0.254 e. The van der Waals surface area contributed by atoms with Crippen molar-refractivity contribution >= 4 is 16.9 Å². The van der Waals surface area contributed by atoms with E-state index in [0.29, 0.717) is 17.9 Å².